The Morgan fingerprint density at radius 3 is 0.486 bits per heavy atom. The molecule has 0 saturated carbocycles. The van der Waals surface area contributed by atoms with E-state index in [4.69, 9.17) is 0 Å². The smallest absolute Gasteiger partial charge is 0 e. The van der Waals surface area contributed by atoms with Crippen molar-refractivity contribution >= 4 is 52.9 Å². The van der Waals surface area contributed by atoms with Crippen LogP contribution in [0.15, 0.2) is 121 Å². The fourth-order valence-electron chi connectivity index (χ4n) is 2.90. The van der Waals surface area contributed by atoms with Crippen LogP contribution < -0.4 is 21.2 Å². The van der Waals surface area contributed by atoms with E-state index in [-0.39, 0.29) is 48.2 Å². The van der Waals surface area contributed by atoms with Crippen molar-refractivity contribution in [2.75, 3.05) is 53.3 Å². The van der Waals surface area contributed by atoms with E-state index in [1.165, 1.54) is 21.2 Å². The zero-order valence-corrected chi connectivity index (χ0v) is 28.2. The van der Waals surface area contributed by atoms with Gasteiger partial charge in [0.2, 0.25) is 0 Å². The van der Waals surface area contributed by atoms with Crippen LogP contribution in [-0.2, 0) is 16.5 Å². The van der Waals surface area contributed by atoms with E-state index in [9.17, 15) is 0 Å². The van der Waals surface area contributed by atoms with Gasteiger partial charge in [0, 0.05) is 16.5 Å². The van der Waals surface area contributed by atoms with E-state index in [1.54, 1.807) is 0 Å². The summed E-state index contributed by atoms with van der Waals surface area (Å²) in [6, 6.07) is 42.5. The van der Waals surface area contributed by atoms with E-state index < -0.39 is 0 Å². The summed E-state index contributed by atoms with van der Waals surface area (Å²) in [6.45, 7) is 18.1. The molecule has 0 aliphatic carbocycles. The normalized spacial score (nSPS) is 9.84. The Morgan fingerprint density at radius 2 is 0.405 bits per heavy atom. The first-order chi connectivity index (χ1) is 17.2. The van der Waals surface area contributed by atoms with E-state index in [1.807, 2.05) is 0 Å². The second-order valence-corrected chi connectivity index (χ2v) is 18.1. The molecule has 0 aliphatic rings. The third-order valence-electron chi connectivity index (χ3n) is 5.09. The molecule has 0 aromatic heterocycles. The largest absolute Gasteiger partial charge is 0.0817 e. The van der Waals surface area contributed by atoms with Crippen LogP contribution in [0.2, 0.25) is 0 Å². The molecule has 0 fully saturated rings. The molecule has 0 heterocycles. The molecule has 4 rings (SSSR count). The van der Waals surface area contributed by atoms with Crippen molar-refractivity contribution in [1.29, 1.82) is 0 Å². The third-order valence-corrected chi connectivity index (χ3v) is 10.4. The second-order valence-electron chi connectivity index (χ2n) is 8.92. The molecule has 4 aromatic carbocycles. The molecule has 0 saturated heterocycles. The van der Waals surface area contributed by atoms with Crippen LogP contribution in [0.1, 0.15) is 0 Å². The zero-order chi connectivity index (χ0) is 26.8. The minimum absolute atomic E-state index is 0. The summed E-state index contributed by atoms with van der Waals surface area (Å²) in [5.74, 6) is 0. The van der Waals surface area contributed by atoms with Crippen molar-refractivity contribution in [3.63, 3.8) is 0 Å². The number of hydrogen-bond donors (Lipinski definition) is 0. The van der Waals surface area contributed by atoms with Gasteiger partial charge in [0.1, 0.15) is 0 Å². The Bertz CT molecular complexity index is 849. The summed E-state index contributed by atoms with van der Waals surface area (Å²) in [5.41, 5.74) is 0. The van der Waals surface area contributed by atoms with Crippen molar-refractivity contribution < 1.29 is 16.5 Å². The molecular formula is C32H44NiP4. The Balaban J connectivity index is 0.000000463. The molecule has 4 aromatic rings. The van der Waals surface area contributed by atoms with Crippen molar-refractivity contribution in [2.45, 2.75) is 0 Å². The molecule has 37 heavy (non-hydrogen) atoms. The summed E-state index contributed by atoms with van der Waals surface area (Å²) in [4.78, 5) is 0. The summed E-state index contributed by atoms with van der Waals surface area (Å²) < 4.78 is 0. The maximum Gasteiger partial charge on any atom is 0 e. The molecule has 0 amide bonds. The fourth-order valence-corrected chi connectivity index (χ4v) is 5.98. The zero-order valence-electron chi connectivity index (χ0n) is 23.7. The van der Waals surface area contributed by atoms with Gasteiger partial charge in [0.05, 0.1) is 0 Å². The van der Waals surface area contributed by atoms with Gasteiger partial charge in [-0.25, -0.2) is 0 Å². The van der Waals surface area contributed by atoms with E-state index >= 15 is 0 Å². The van der Waals surface area contributed by atoms with Gasteiger partial charge < -0.3 is 0 Å². The minimum atomic E-state index is 0. The molecule has 0 aliphatic heterocycles. The van der Waals surface area contributed by atoms with Gasteiger partial charge in [0.25, 0.3) is 0 Å². The first kappa shape index (κ1) is 36.1. The van der Waals surface area contributed by atoms with Gasteiger partial charge in [-0.05, 0) is 74.5 Å². The summed E-state index contributed by atoms with van der Waals surface area (Å²) >= 11 is 0. The van der Waals surface area contributed by atoms with Gasteiger partial charge in [-0.15, -0.1) is 0 Å². The summed E-state index contributed by atoms with van der Waals surface area (Å²) in [6.07, 6.45) is 0. The van der Waals surface area contributed by atoms with Crippen LogP contribution in [0.5, 0.6) is 0 Å². The second kappa shape index (κ2) is 22.0. The molecule has 0 spiro atoms. The molecule has 0 nitrogen and oxygen atoms in total. The monoisotopic (exact) mass is 610 g/mol. The topological polar surface area (TPSA) is 0 Å². The maximum absolute atomic E-state index is 2.27. The molecule has 0 atom stereocenters. The molecule has 0 bridgehead atoms. The molecule has 0 N–H and O–H groups in total. The standard InChI is InChI=1S/4C8H11P.Ni/c4*1-9(2)8-6-4-3-5-7-8;/h4*3-7H,1-2H3;. The van der Waals surface area contributed by atoms with Gasteiger partial charge in [-0.2, -0.15) is 0 Å². The predicted octanol–water partition coefficient (Wildman–Crippen LogP) is 8.21. The number of rotatable bonds is 4. The molecule has 5 heteroatoms. The van der Waals surface area contributed by atoms with Crippen molar-refractivity contribution in [2.24, 2.45) is 0 Å². The van der Waals surface area contributed by atoms with Gasteiger partial charge in [-0.3, -0.25) is 0 Å². The molecule has 202 valence electrons. The summed E-state index contributed by atoms with van der Waals surface area (Å²) in [5, 5.41) is 5.92. The van der Waals surface area contributed by atoms with Crippen molar-refractivity contribution in [3.8, 4) is 0 Å². The first-order valence-electron chi connectivity index (χ1n) is 12.1. The van der Waals surface area contributed by atoms with Crippen LogP contribution >= 0.6 is 31.7 Å². The summed E-state index contributed by atoms with van der Waals surface area (Å²) in [7, 11) is 0.418. The van der Waals surface area contributed by atoms with Gasteiger partial charge in [-0.1, -0.05) is 153 Å². The predicted molar refractivity (Wildman–Crippen MR) is 179 cm³/mol. The Hall–Kier alpha value is -0.906. The van der Waals surface area contributed by atoms with E-state index in [0.29, 0.717) is 0 Å². The molecular weight excluding hydrogens is 567 g/mol. The van der Waals surface area contributed by atoms with E-state index in [0.717, 1.165) is 0 Å². The number of benzene rings is 4. The Labute approximate surface area is 243 Å². The van der Waals surface area contributed by atoms with Crippen LogP contribution in [0, 0.1) is 0 Å². The van der Waals surface area contributed by atoms with Crippen LogP contribution in [-0.4, -0.2) is 53.3 Å². The average molecular weight is 611 g/mol. The quantitative estimate of drug-likeness (QED) is 0.161. The van der Waals surface area contributed by atoms with Crippen LogP contribution in [0.4, 0.5) is 0 Å². The Morgan fingerprint density at radius 1 is 0.270 bits per heavy atom. The van der Waals surface area contributed by atoms with Crippen LogP contribution in [0.3, 0.4) is 0 Å². The fraction of sp³-hybridized carbons (Fsp3) is 0.250. The maximum atomic E-state index is 2.27. The van der Waals surface area contributed by atoms with Crippen molar-refractivity contribution in [3.05, 3.63) is 121 Å². The van der Waals surface area contributed by atoms with Crippen LogP contribution in [0.25, 0.3) is 0 Å². The third kappa shape index (κ3) is 17.3. The SMILES string of the molecule is CP(C)c1ccccc1.CP(C)c1ccccc1.CP(C)c1ccccc1.CP(C)c1ccccc1.[Ni]. The average Bonchev–Trinajstić information content (AvgIpc) is 2.92. The molecule has 0 radical (unpaired) electrons. The minimum Gasteiger partial charge on any atom is -0.0817 e. The molecule has 0 unspecified atom stereocenters. The van der Waals surface area contributed by atoms with Crippen molar-refractivity contribution in [1.82, 2.24) is 0 Å². The Kier molecular flexibility index (Phi) is 21.4. The van der Waals surface area contributed by atoms with Gasteiger partial charge >= 0.3 is 0 Å². The van der Waals surface area contributed by atoms with Gasteiger partial charge in [0.15, 0.2) is 0 Å². The van der Waals surface area contributed by atoms with E-state index in [2.05, 4.69) is 175 Å². The first-order valence-corrected chi connectivity index (χ1v) is 21.1. The number of hydrogen-bond acceptors (Lipinski definition) is 0.